The molecular weight excluding hydrogens is 256 g/mol. The molecule has 2 rings (SSSR count). The van der Waals surface area contributed by atoms with Crippen molar-refractivity contribution in [2.24, 2.45) is 0 Å². The van der Waals surface area contributed by atoms with Gasteiger partial charge in [-0.05, 0) is 36.4 Å². The van der Waals surface area contributed by atoms with Gasteiger partial charge >= 0.3 is 0 Å². The van der Waals surface area contributed by atoms with Gasteiger partial charge in [-0.15, -0.1) is 0 Å². The van der Waals surface area contributed by atoms with Crippen LogP contribution in [0.3, 0.4) is 0 Å². The van der Waals surface area contributed by atoms with Gasteiger partial charge in [-0.3, -0.25) is 19.4 Å². The zero-order valence-electron chi connectivity index (χ0n) is 10.8. The lowest BCUT2D eigenvalue weighted by molar-refractivity contribution is -0.114. The number of amides is 1. The number of hydrogen-bond acceptors (Lipinski definition) is 4. The molecule has 0 saturated carbocycles. The lowest BCUT2D eigenvalue weighted by Gasteiger charge is -2.03. The molecule has 0 bridgehead atoms. The van der Waals surface area contributed by atoms with Crippen molar-refractivity contribution in [2.75, 3.05) is 5.32 Å². The molecule has 0 fully saturated rings. The van der Waals surface area contributed by atoms with E-state index >= 15 is 0 Å². The highest BCUT2D eigenvalue weighted by Crippen LogP contribution is 2.12. The second kappa shape index (κ2) is 5.88. The van der Waals surface area contributed by atoms with Crippen molar-refractivity contribution in [3.8, 4) is 0 Å². The Morgan fingerprint density at radius 3 is 2.15 bits per heavy atom. The van der Waals surface area contributed by atoms with E-state index in [4.69, 9.17) is 0 Å². The summed E-state index contributed by atoms with van der Waals surface area (Å²) in [6.07, 6.45) is 2.88. The summed E-state index contributed by atoms with van der Waals surface area (Å²) >= 11 is 0. The molecule has 1 N–H and O–H groups in total. The van der Waals surface area contributed by atoms with Gasteiger partial charge in [0.05, 0.1) is 0 Å². The molecule has 1 heterocycles. The molecule has 1 amide bonds. The van der Waals surface area contributed by atoms with Gasteiger partial charge in [-0.2, -0.15) is 0 Å². The number of Topliss-reactive ketones (excluding diaryl/α,β-unsaturated/α-hetero) is 2. The first-order valence-electron chi connectivity index (χ1n) is 5.94. The van der Waals surface area contributed by atoms with Gasteiger partial charge in [-0.1, -0.05) is 0 Å². The SMILES string of the molecule is CC(=O)Nc1ccc(C(=O)C(=O)c2cccnc2)cc1. The van der Waals surface area contributed by atoms with Crippen LogP contribution in [0.1, 0.15) is 27.6 Å². The first-order valence-corrected chi connectivity index (χ1v) is 5.94. The predicted molar refractivity (Wildman–Crippen MR) is 73.6 cm³/mol. The number of nitrogens with zero attached hydrogens (tertiary/aromatic N) is 1. The summed E-state index contributed by atoms with van der Waals surface area (Å²) in [6.45, 7) is 1.39. The lowest BCUT2D eigenvalue weighted by Crippen LogP contribution is -2.14. The smallest absolute Gasteiger partial charge is 0.235 e. The van der Waals surface area contributed by atoms with Gasteiger partial charge in [0.1, 0.15) is 0 Å². The first-order chi connectivity index (χ1) is 9.58. The fraction of sp³-hybridized carbons (Fsp3) is 0.0667. The summed E-state index contributed by atoms with van der Waals surface area (Å²) in [5, 5.41) is 2.59. The van der Waals surface area contributed by atoms with E-state index in [1.807, 2.05) is 0 Å². The number of rotatable bonds is 4. The van der Waals surface area contributed by atoms with Crippen molar-refractivity contribution in [2.45, 2.75) is 6.92 Å². The highest BCUT2D eigenvalue weighted by molar-refractivity contribution is 6.49. The van der Waals surface area contributed by atoms with Gasteiger partial charge in [0.15, 0.2) is 0 Å². The average Bonchev–Trinajstić information content (AvgIpc) is 2.47. The Balaban J connectivity index is 2.17. The summed E-state index contributed by atoms with van der Waals surface area (Å²) < 4.78 is 0. The standard InChI is InChI=1S/C15H12N2O3/c1-10(18)17-13-6-4-11(5-7-13)14(19)15(20)12-3-2-8-16-9-12/h2-9H,1H3,(H,17,18). The monoisotopic (exact) mass is 268 g/mol. The third-order valence-electron chi connectivity index (χ3n) is 2.60. The van der Waals surface area contributed by atoms with Gasteiger partial charge in [0.25, 0.3) is 0 Å². The molecule has 1 aromatic heterocycles. The van der Waals surface area contributed by atoms with Crippen LogP contribution in [0.15, 0.2) is 48.8 Å². The van der Waals surface area contributed by atoms with Crippen molar-refractivity contribution >= 4 is 23.2 Å². The second-order valence-electron chi connectivity index (χ2n) is 4.16. The molecule has 0 aliphatic carbocycles. The Hall–Kier alpha value is -2.82. The molecule has 0 atom stereocenters. The van der Waals surface area contributed by atoms with Crippen molar-refractivity contribution < 1.29 is 14.4 Å². The van der Waals surface area contributed by atoms with Crippen LogP contribution in [0.4, 0.5) is 5.69 Å². The number of nitrogens with one attached hydrogen (secondary N) is 1. The molecule has 0 aliphatic heterocycles. The number of ketones is 2. The van der Waals surface area contributed by atoms with Crippen molar-refractivity contribution in [3.63, 3.8) is 0 Å². The van der Waals surface area contributed by atoms with Crippen LogP contribution in [-0.2, 0) is 4.79 Å². The molecular formula is C15H12N2O3. The topological polar surface area (TPSA) is 76.1 Å². The molecule has 100 valence electrons. The van der Waals surface area contributed by atoms with E-state index in [1.54, 1.807) is 24.3 Å². The Bertz CT molecular complexity index is 649. The Labute approximate surface area is 115 Å². The fourth-order valence-electron chi connectivity index (χ4n) is 1.67. The highest BCUT2D eigenvalue weighted by atomic mass is 16.2. The Morgan fingerprint density at radius 2 is 1.60 bits per heavy atom. The van der Waals surface area contributed by atoms with E-state index < -0.39 is 11.6 Å². The van der Waals surface area contributed by atoms with Gasteiger partial charge in [0.2, 0.25) is 17.5 Å². The number of pyridine rings is 1. The minimum atomic E-state index is -0.606. The van der Waals surface area contributed by atoms with Gasteiger partial charge in [0, 0.05) is 36.1 Å². The molecule has 0 saturated heterocycles. The van der Waals surface area contributed by atoms with Gasteiger partial charge < -0.3 is 5.32 Å². The Morgan fingerprint density at radius 1 is 0.950 bits per heavy atom. The van der Waals surface area contributed by atoms with E-state index in [1.165, 1.54) is 31.5 Å². The first kappa shape index (κ1) is 13.6. The number of anilines is 1. The third kappa shape index (κ3) is 3.14. The maximum atomic E-state index is 12.0. The quantitative estimate of drug-likeness (QED) is 0.680. The van der Waals surface area contributed by atoms with Crippen LogP contribution < -0.4 is 5.32 Å². The molecule has 0 aliphatic rings. The summed E-state index contributed by atoms with van der Waals surface area (Å²) in [6, 6.07) is 9.29. The van der Waals surface area contributed by atoms with Crippen molar-refractivity contribution in [1.29, 1.82) is 0 Å². The zero-order valence-corrected chi connectivity index (χ0v) is 10.8. The molecule has 20 heavy (non-hydrogen) atoms. The Kier molecular flexibility index (Phi) is 4.00. The summed E-state index contributed by atoms with van der Waals surface area (Å²) in [5.74, 6) is -1.41. The molecule has 5 heteroatoms. The van der Waals surface area contributed by atoms with E-state index in [0.717, 1.165) is 0 Å². The maximum absolute atomic E-state index is 12.0. The summed E-state index contributed by atoms with van der Waals surface area (Å²) in [5.41, 5.74) is 1.10. The van der Waals surface area contributed by atoms with E-state index in [2.05, 4.69) is 10.3 Å². The van der Waals surface area contributed by atoms with E-state index in [9.17, 15) is 14.4 Å². The van der Waals surface area contributed by atoms with Crippen LogP contribution in [0.2, 0.25) is 0 Å². The molecule has 0 radical (unpaired) electrons. The van der Waals surface area contributed by atoms with Crippen LogP contribution in [-0.4, -0.2) is 22.5 Å². The molecule has 1 aromatic carbocycles. The minimum absolute atomic E-state index is 0.199. The van der Waals surface area contributed by atoms with Crippen LogP contribution in [0.5, 0.6) is 0 Å². The maximum Gasteiger partial charge on any atom is 0.235 e. The molecule has 0 unspecified atom stereocenters. The fourth-order valence-corrected chi connectivity index (χ4v) is 1.67. The average molecular weight is 268 g/mol. The highest BCUT2D eigenvalue weighted by Gasteiger charge is 2.18. The van der Waals surface area contributed by atoms with Crippen LogP contribution >= 0.6 is 0 Å². The number of carbonyl (C=O) groups excluding carboxylic acids is 3. The summed E-state index contributed by atoms with van der Waals surface area (Å²) in [4.78, 5) is 38.7. The number of aromatic nitrogens is 1. The molecule has 2 aromatic rings. The summed E-state index contributed by atoms with van der Waals surface area (Å²) in [7, 11) is 0. The normalized spacial score (nSPS) is 9.85. The third-order valence-corrected chi connectivity index (χ3v) is 2.60. The lowest BCUT2D eigenvalue weighted by atomic mass is 10.0. The zero-order chi connectivity index (χ0) is 14.5. The molecule has 5 nitrogen and oxygen atoms in total. The minimum Gasteiger partial charge on any atom is -0.326 e. The molecule has 0 spiro atoms. The number of benzene rings is 1. The largest absolute Gasteiger partial charge is 0.326 e. The van der Waals surface area contributed by atoms with Crippen molar-refractivity contribution in [3.05, 3.63) is 59.9 Å². The predicted octanol–water partition coefficient (Wildman–Crippen LogP) is 2.11. The van der Waals surface area contributed by atoms with Crippen LogP contribution in [0.25, 0.3) is 0 Å². The van der Waals surface area contributed by atoms with E-state index in [0.29, 0.717) is 5.69 Å². The van der Waals surface area contributed by atoms with E-state index in [-0.39, 0.29) is 17.0 Å². The number of carbonyl (C=O) groups is 3. The van der Waals surface area contributed by atoms with Crippen LogP contribution in [0, 0.1) is 0 Å². The van der Waals surface area contributed by atoms with Crippen molar-refractivity contribution in [1.82, 2.24) is 4.98 Å². The second-order valence-corrected chi connectivity index (χ2v) is 4.16. The van der Waals surface area contributed by atoms with Gasteiger partial charge in [-0.25, -0.2) is 0 Å². The number of hydrogen-bond donors (Lipinski definition) is 1.